The van der Waals surface area contributed by atoms with Gasteiger partial charge in [-0.05, 0) is 0 Å². The van der Waals surface area contributed by atoms with Gasteiger partial charge < -0.3 is 22.7 Å². The van der Waals surface area contributed by atoms with E-state index in [2.05, 4.69) is 5.73 Å². The van der Waals surface area contributed by atoms with E-state index in [0.29, 0.717) is 0 Å². The van der Waals surface area contributed by atoms with Gasteiger partial charge in [0.15, 0.2) is 0 Å². The Labute approximate surface area is 57.8 Å². The Balaban J connectivity index is 0. The summed E-state index contributed by atoms with van der Waals surface area (Å²) in [5, 5.41) is 8.10. The molecule has 0 aromatic heterocycles. The second-order valence-electron chi connectivity index (χ2n) is 1.62. The van der Waals surface area contributed by atoms with E-state index < -0.39 is 17.9 Å². The molecule has 0 spiro atoms. The normalized spacial score (nSPS) is 11.3. The minimum absolute atomic E-state index is 0. The van der Waals surface area contributed by atoms with E-state index in [1.165, 1.54) is 0 Å². The highest BCUT2D eigenvalue weighted by molar-refractivity contribution is 5.82. The van der Waals surface area contributed by atoms with Gasteiger partial charge in [0.1, 0.15) is 6.04 Å². The van der Waals surface area contributed by atoms with Crippen molar-refractivity contribution in [1.82, 2.24) is 6.15 Å². The van der Waals surface area contributed by atoms with Gasteiger partial charge in [0.2, 0.25) is 5.91 Å². The summed E-state index contributed by atoms with van der Waals surface area (Å²) in [6.07, 6.45) is -0.310. The molecule has 6 heteroatoms. The summed E-state index contributed by atoms with van der Waals surface area (Å²) in [5.74, 6) is -1.92. The Kier molecular flexibility index (Phi) is 5.48. The van der Waals surface area contributed by atoms with Crippen molar-refractivity contribution in [1.29, 1.82) is 0 Å². The molecule has 0 aliphatic rings. The highest BCUT2D eigenvalue weighted by Crippen LogP contribution is 1.84. The number of carboxylic acids is 1. The minimum Gasteiger partial charge on any atom is -0.480 e. The van der Waals surface area contributed by atoms with Gasteiger partial charge in [-0.1, -0.05) is 0 Å². The van der Waals surface area contributed by atoms with Crippen molar-refractivity contribution in [2.45, 2.75) is 12.5 Å². The van der Waals surface area contributed by atoms with Gasteiger partial charge >= 0.3 is 5.97 Å². The fourth-order valence-electron chi connectivity index (χ4n) is 0.304. The monoisotopic (exact) mass is 149 g/mol. The van der Waals surface area contributed by atoms with Crippen LogP contribution in [0.5, 0.6) is 0 Å². The second kappa shape index (κ2) is 4.71. The molecule has 0 aliphatic carbocycles. The van der Waals surface area contributed by atoms with Crippen LogP contribution in [0.25, 0.3) is 0 Å². The van der Waals surface area contributed by atoms with Gasteiger partial charge in [0.25, 0.3) is 0 Å². The lowest BCUT2D eigenvalue weighted by Gasteiger charge is -1.99. The van der Waals surface area contributed by atoms with E-state index in [9.17, 15) is 9.59 Å². The van der Waals surface area contributed by atoms with E-state index in [4.69, 9.17) is 10.8 Å². The van der Waals surface area contributed by atoms with Crippen LogP contribution < -0.4 is 17.6 Å². The van der Waals surface area contributed by atoms with Crippen LogP contribution in [0, 0.1) is 0 Å². The number of carboxylic acid groups (broad SMARTS) is 1. The first kappa shape index (κ1) is 11.6. The molecular weight excluding hydrogens is 138 g/mol. The average Bonchev–Trinajstić information content (AvgIpc) is 1.63. The molecule has 0 fully saturated rings. The number of carbonyl (C=O) groups is 2. The van der Waals surface area contributed by atoms with Crippen molar-refractivity contribution in [3.05, 3.63) is 0 Å². The number of primary amides is 1. The highest BCUT2D eigenvalue weighted by Gasteiger charge is 2.13. The first-order valence-electron chi connectivity index (χ1n) is 2.30. The Morgan fingerprint density at radius 1 is 1.50 bits per heavy atom. The lowest BCUT2D eigenvalue weighted by atomic mass is 10.2. The molecule has 0 bridgehead atoms. The van der Waals surface area contributed by atoms with Gasteiger partial charge in [0.05, 0.1) is 6.42 Å². The van der Waals surface area contributed by atoms with Crippen LogP contribution >= 0.6 is 0 Å². The molecule has 1 atom stereocenters. The highest BCUT2D eigenvalue weighted by atomic mass is 16.4. The number of hydrogen-bond donors (Lipinski definition) is 4. The van der Waals surface area contributed by atoms with Crippen LogP contribution in [0.4, 0.5) is 0 Å². The molecule has 0 radical (unpaired) electrons. The molecule has 1 amide bonds. The summed E-state index contributed by atoms with van der Waals surface area (Å²) in [7, 11) is 0. The predicted octanol–water partition coefficient (Wildman–Crippen LogP) is -1.56. The molecular formula is C4H11N3O3. The van der Waals surface area contributed by atoms with E-state index >= 15 is 0 Å². The van der Waals surface area contributed by atoms with Crippen molar-refractivity contribution in [2.75, 3.05) is 0 Å². The molecule has 6 nitrogen and oxygen atoms in total. The molecule has 0 rings (SSSR count). The molecule has 1 unspecified atom stereocenters. The Morgan fingerprint density at radius 3 is 2.00 bits per heavy atom. The summed E-state index contributed by atoms with van der Waals surface area (Å²) >= 11 is 0. The Morgan fingerprint density at radius 2 is 1.90 bits per heavy atom. The maximum atomic E-state index is 9.99. The van der Waals surface area contributed by atoms with Gasteiger partial charge in [-0.2, -0.15) is 0 Å². The standard InChI is InChI=1S/C4H8N2O3.H3N/c5-2(4(8)9)1-3(6)7;/h2H,1,5H2,(H2,6,7)(H,8,9);1H3. The first-order valence-corrected chi connectivity index (χ1v) is 2.30. The van der Waals surface area contributed by atoms with E-state index in [0.717, 1.165) is 0 Å². The SMILES string of the molecule is N.NC(=O)CC(N)C(=O)O. The maximum Gasteiger partial charge on any atom is 0.321 e. The third-order valence-corrected chi connectivity index (χ3v) is 0.738. The van der Waals surface area contributed by atoms with Crippen LogP contribution in [-0.2, 0) is 9.59 Å². The van der Waals surface area contributed by atoms with Gasteiger partial charge in [-0.15, -0.1) is 0 Å². The van der Waals surface area contributed by atoms with E-state index in [-0.39, 0.29) is 12.6 Å². The molecule has 0 aromatic carbocycles. The van der Waals surface area contributed by atoms with Crippen LogP contribution in [0.1, 0.15) is 6.42 Å². The smallest absolute Gasteiger partial charge is 0.321 e. The fourth-order valence-corrected chi connectivity index (χ4v) is 0.304. The van der Waals surface area contributed by atoms with Crippen molar-refractivity contribution in [3.8, 4) is 0 Å². The van der Waals surface area contributed by atoms with Crippen LogP contribution in [0.2, 0.25) is 0 Å². The molecule has 0 aromatic rings. The zero-order valence-corrected chi connectivity index (χ0v) is 5.41. The fraction of sp³-hybridized carbons (Fsp3) is 0.500. The largest absolute Gasteiger partial charge is 0.480 e. The lowest BCUT2D eigenvalue weighted by molar-refractivity contribution is -0.140. The molecule has 0 aliphatic heterocycles. The third-order valence-electron chi connectivity index (χ3n) is 0.738. The zero-order valence-electron chi connectivity index (χ0n) is 5.41. The average molecular weight is 149 g/mol. The number of rotatable bonds is 3. The quantitative estimate of drug-likeness (QED) is 0.383. The Hall–Kier alpha value is -1.14. The predicted molar refractivity (Wildman–Crippen MR) is 34.4 cm³/mol. The summed E-state index contributed by atoms with van der Waals surface area (Å²) < 4.78 is 0. The number of carbonyl (C=O) groups excluding carboxylic acids is 1. The zero-order chi connectivity index (χ0) is 7.44. The number of hydrogen-bond acceptors (Lipinski definition) is 4. The Bertz CT molecular complexity index is 136. The maximum absolute atomic E-state index is 9.99. The first-order chi connectivity index (χ1) is 4.04. The van der Waals surface area contributed by atoms with Crippen molar-refractivity contribution in [2.24, 2.45) is 11.5 Å². The summed E-state index contributed by atoms with van der Waals surface area (Å²) in [6, 6.07) is -1.16. The van der Waals surface area contributed by atoms with Gasteiger partial charge in [-0.25, -0.2) is 0 Å². The summed E-state index contributed by atoms with van der Waals surface area (Å²) in [6.45, 7) is 0. The summed E-state index contributed by atoms with van der Waals surface area (Å²) in [5.41, 5.74) is 9.57. The second-order valence-corrected chi connectivity index (χ2v) is 1.62. The molecule has 8 N–H and O–H groups in total. The lowest BCUT2D eigenvalue weighted by Crippen LogP contribution is -2.34. The van der Waals surface area contributed by atoms with Gasteiger partial charge in [-0.3, -0.25) is 9.59 Å². The topological polar surface area (TPSA) is 141 Å². The number of aliphatic carboxylic acids is 1. The minimum atomic E-state index is -1.21. The van der Waals surface area contributed by atoms with Crippen molar-refractivity contribution >= 4 is 11.9 Å². The van der Waals surface area contributed by atoms with Crippen molar-refractivity contribution < 1.29 is 14.7 Å². The van der Waals surface area contributed by atoms with Gasteiger partial charge in [0, 0.05) is 0 Å². The van der Waals surface area contributed by atoms with Crippen LogP contribution in [0.3, 0.4) is 0 Å². The summed E-state index contributed by atoms with van der Waals surface area (Å²) in [4.78, 5) is 19.9. The molecule has 0 saturated heterocycles. The molecule has 0 saturated carbocycles. The van der Waals surface area contributed by atoms with Crippen LogP contribution in [0.15, 0.2) is 0 Å². The van der Waals surface area contributed by atoms with E-state index in [1.54, 1.807) is 0 Å². The number of nitrogens with two attached hydrogens (primary N) is 2. The number of amides is 1. The van der Waals surface area contributed by atoms with E-state index in [1.807, 2.05) is 0 Å². The molecule has 0 heterocycles. The van der Waals surface area contributed by atoms with Crippen molar-refractivity contribution in [3.63, 3.8) is 0 Å². The van der Waals surface area contributed by atoms with Crippen LogP contribution in [-0.4, -0.2) is 23.0 Å². The third kappa shape index (κ3) is 5.01. The molecule has 60 valence electrons. The molecule has 10 heavy (non-hydrogen) atoms.